The Morgan fingerprint density at radius 1 is 0.939 bits per heavy atom. The molecule has 2 aromatic carbocycles. The molecule has 0 unspecified atom stereocenters. The number of benzene rings is 2. The summed E-state index contributed by atoms with van der Waals surface area (Å²) in [5, 5.41) is 11.8. The predicted molar refractivity (Wildman–Crippen MR) is 117 cm³/mol. The molecule has 0 atom stereocenters. The van der Waals surface area contributed by atoms with E-state index in [0.717, 1.165) is 6.07 Å². The highest BCUT2D eigenvalue weighted by Gasteiger charge is 2.27. The van der Waals surface area contributed by atoms with Crippen LogP contribution in [0.25, 0.3) is 0 Å². The van der Waals surface area contributed by atoms with E-state index in [1.54, 1.807) is 20.8 Å². The summed E-state index contributed by atoms with van der Waals surface area (Å²) >= 11 is 0. The first-order chi connectivity index (χ1) is 15.7. The topological polar surface area (TPSA) is 69.6 Å². The van der Waals surface area contributed by atoms with Gasteiger partial charge < -0.3 is 15.3 Å². The van der Waals surface area contributed by atoms with Crippen LogP contribution in [0, 0.1) is 35.1 Å². The number of carbonyl (C=O) groups excluding carboxylic acids is 1. The van der Waals surface area contributed by atoms with Crippen molar-refractivity contribution >= 4 is 23.3 Å². The molecule has 176 valence electrons. The minimum Gasteiger partial charge on any atom is -0.478 e. The van der Waals surface area contributed by atoms with Gasteiger partial charge in [-0.25, -0.2) is 22.4 Å². The molecule has 33 heavy (non-hydrogen) atoms. The molecule has 2 N–H and O–H groups in total. The molecule has 0 aliphatic carbocycles. The Labute approximate surface area is 189 Å². The number of carboxylic acids is 1. The Hall–Kier alpha value is -3.54. The smallest absolute Gasteiger partial charge is 0.337 e. The van der Waals surface area contributed by atoms with Crippen molar-refractivity contribution < 1.29 is 32.3 Å². The average Bonchev–Trinajstić information content (AvgIpc) is 2.78. The van der Waals surface area contributed by atoms with Crippen molar-refractivity contribution in [1.29, 1.82) is 0 Å². The number of nitrogens with one attached hydrogen (secondary N) is 1. The summed E-state index contributed by atoms with van der Waals surface area (Å²) in [6.45, 7) is 5.56. The van der Waals surface area contributed by atoms with Crippen LogP contribution in [0.4, 0.5) is 28.9 Å². The monoisotopic (exact) mass is 464 g/mol. The number of aromatic carboxylic acids is 1. The molecule has 0 aliphatic rings. The average molecular weight is 464 g/mol. The molecule has 0 heterocycles. The van der Waals surface area contributed by atoms with Crippen LogP contribution in [0.5, 0.6) is 0 Å². The summed E-state index contributed by atoms with van der Waals surface area (Å²) in [4.78, 5) is 24.3. The molecule has 9 heteroatoms. The molecule has 0 saturated heterocycles. The number of carbonyl (C=O) groups is 2. The number of rotatable bonds is 8. The fraction of sp³-hybridized carbons (Fsp3) is 0.333. The largest absolute Gasteiger partial charge is 0.478 e. The maximum atomic E-state index is 14.7. The number of amides is 1. The standard InChI is InChI=1S/C24H24F4N2O3/c1-4-11-30(12-5-2)23-21(27)19(25)15(20(26)22(23)28)9-7-14-8-10-17(29-18(31)6-3)16(13-14)24(32)33/h8,10,13H,4-6,11-12H2,1-3H3,(H,29,31)(H,32,33). The van der Waals surface area contributed by atoms with Gasteiger partial charge in [-0.1, -0.05) is 32.6 Å². The number of anilines is 2. The van der Waals surface area contributed by atoms with Gasteiger partial charge in [0, 0.05) is 25.1 Å². The molecule has 0 aliphatic heterocycles. The second-order valence-electron chi connectivity index (χ2n) is 7.18. The number of halogens is 4. The molecule has 2 rings (SSSR count). The second kappa shape index (κ2) is 11.4. The summed E-state index contributed by atoms with van der Waals surface area (Å²) in [5.41, 5.74) is -2.13. The Morgan fingerprint density at radius 2 is 1.52 bits per heavy atom. The van der Waals surface area contributed by atoms with Gasteiger partial charge in [-0.3, -0.25) is 4.79 Å². The number of hydrogen-bond donors (Lipinski definition) is 2. The molecule has 2 aromatic rings. The molecule has 0 radical (unpaired) electrons. The van der Waals surface area contributed by atoms with Crippen molar-refractivity contribution in [2.24, 2.45) is 0 Å². The van der Waals surface area contributed by atoms with Crippen LogP contribution in [0.2, 0.25) is 0 Å². The molecule has 0 spiro atoms. The first kappa shape index (κ1) is 25.7. The van der Waals surface area contributed by atoms with Crippen molar-refractivity contribution in [2.75, 3.05) is 23.3 Å². The minimum atomic E-state index is -1.63. The Kier molecular flexibility index (Phi) is 8.85. The van der Waals surface area contributed by atoms with E-state index in [9.17, 15) is 32.3 Å². The number of carboxylic acid groups (broad SMARTS) is 1. The lowest BCUT2D eigenvalue weighted by atomic mass is 10.1. The van der Waals surface area contributed by atoms with Gasteiger partial charge in [0.05, 0.1) is 11.3 Å². The van der Waals surface area contributed by atoms with Crippen molar-refractivity contribution in [2.45, 2.75) is 40.0 Å². The molecule has 5 nitrogen and oxygen atoms in total. The van der Waals surface area contributed by atoms with Crippen molar-refractivity contribution in [1.82, 2.24) is 0 Å². The van der Waals surface area contributed by atoms with Crippen LogP contribution in [-0.4, -0.2) is 30.1 Å². The molecule has 0 saturated carbocycles. The summed E-state index contributed by atoms with van der Waals surface area (Å²) < 4.78 is 58.7. The zero-order chi connectivity index (χ0) is 24.7. The number of nitrogens with zero attached hydrogens (tertiary/aromatic N) is 1. The molecular formula is C24H24F4N2O3. The Balaban J connectivity index is 2.53. The third-order valence-electron chi connectivity index (χ3n) is 4.72. The van der Waals surface area contributed by atoms with Crippen molar-refractivity contribution in [3.63, 3.8) is 0 Å². The predicted octanol–water partition coefficient (Wildman–Crippen LogP) is 5.32. The highest BCUT2D eigenvalue weighted by Crippen LogP contribution is 2.31. The maximum Gasteiger partial charge on any atom is 0.337 e. The fourth-order valence-corrected chi connectivity index (χ4v) is 3.16. The van der Waals surface area contributed by atoms with Gasteiger partial charge in [0.15, 0.2) is 23.3 Å². The van der Waals surface area contributed by atoms with Crippen LogP contribution in [-0.2, 0) is 4.79 Å². The summed E-state index contributed by atoms with van der Waals surface area (Å²) in [6.07, 6.45) is 1.16. The van der Waals surface area contributed by atoms with Crippen LogP contribution in [0.3, 0.4) is 0 Å². The molecule has 1 amide bonds. The quantitative estimate of drug-likeness (QED) is 0.315. The SMILES string of the molecule is CCCN(CCC)c1c(F)c(F)c(C#Cc2ccc(NC(=O)CC)c(C(=O)O)c2)c(F)c1F. The van der Waals surface area contributed by atoms with Crippen LogP contribution in [0.15, 0.2) is 18.2 Å². The second-order valence-corrected chi connectivity index (χ2v) is 7.18. The van der Waals surface area contributed by atoms with Crippen LogP contribution >= 0.6 is 0 Å². The van der Waals surface area contributed by atoms with Gasteiger partial charge in [0.25, 0.3) is 0 Å². The zero-order valence-corrected chi connectivity index (χ0v) is 18.5. The van der Waals surface area contributed by atoms with E-state index in [0.29, 0.717) is 12.8 Å². The Morgan fingerprint density at radius 3 is 2.00 bits per heavy atom. The van der Waals surface area contributed by atoms with Gasteiger partial charge in [-0.05, 0) is 31.0 Å². The molecule has 0 fully saturated rings. The third-order valence-corrected chi connectivity index (χ3v) is 4.72. The summed E-state index contributed by atoms with van der Waals surface area (Å²) in [5.74, 6) is -3.70. The van der Waals surface area contributed by atoms with Gasteiger partial charge in [-0.2, -0.15) is 0 Å². The summed E-state index contributed by atoms with van der Waals surface area (Å²) in [6, 6.07) is 3.67. The fourth-order valence-electron chi connectivity index (χ4n) is 3.16. The zero-order valence-electron chi connectivity index (χ0n) is 18.5. The molecular weight excluding hydrogens is 440 g/mol. The highest BCUT2D eigenvalue weighted by molar-refractivity contribution is 6.00. The third kappa shape index (κ3) is 5.83. The van der Waals surface area contributed by atoms with Gasteiger partial charge in [0.2, 0.25) is 5.91 Å². The van der Waals surface area contributed by atoms with E-state index in [1.165, 1.54) is 17.0 Å². The van der Waals surface area contributed by atoms with Gasteiger partial charge in [-0.15, -0.1) is 0 Å². The molecule has 0 bridgehead atoms. The van der Waals surface area contributed by atoms with E-state index in [2.05, 4.69) is 17.2 Å². The highest BCUT2D eigenvalue weighted by atomic mass is 19.2. The molecule has 0 aromatic heterocycles. The lowest BCUT2D eigenvalue weighted by Gasteiger charge is -2.25. The number of hydrogen-bond acceptors (Lipinski definition) is 3. The van der Waals surface area contributed by atoms with Gasteiger partial charge in [0.1, 0.15) is 11.3 Å². The van der Waals surface area contributed by atoms with E-state index < -0.39 is 46.4 Å². The van der Waals surface area contributed by atoms with E-state index in [-0.39, 0.29) is 36.3 Å². The lowest BCUT2D eigenvalue weighted by molar-refractivity contribution is -0.115. The van der Waals surface area contributed by atoms with E-state index in [4.69, 9.17) is 0 Å². The summed E-state index contributed by atoms with van der Waals surface area (Å²) in [7, 11) is 0. The normalized spacial score (nSPS) is 10.4. The first-order valence-corrected chi connectivity index (χ1v) is 10.5. The van der Waals surface area contributed by atoms with Crippen LogP contribution < -0.4 is 10.2 Å². The lowest BCUT2D eigenvalue weighted by Crippen LogP contribution is -2.28. The minimum absolute atomic E-state index is 0.0178. The maximum absolute atomic E-state index is 14.7. The van der Waals surface area contributed by atoms with Gasteiger partial charge >= 0.3 is 5.97 Å². The Bertz CT molecular complexity index is 1090. The van der Waals surface area contributed by atoms with Crippen molar-refractivity contribution in [3.8, 4) is 11.8 Å². The first-order valence-electron chi connectivity index (χ1n) is 10.5. The van der Waals surface area contributed by atoms with E-state index >= 15 is 0 Å². The van der Waals surface area contributed by atoms with E-state index in [1.807, 2.05) is 0 Å². The van der Waals surface area contributed by atoms with Crippen molar-refractivity contribution in [3.05, 3.63) is 58.2 Å². The van der Waals surface area contributed by atoms with Crippen LogP contribution in [0.1, 0.15) is 61.5 Å².